The molecule has 96 valence electrons. The molecule has 1 atom stereocenters. The minimum Gasteiger partial charge on any atom is -0.324 e. The molecule has 0 aromatic heterocycles. The van der Waals surface area contributed by atoms with Gasteiger partial charge in [-0.3, -0.25) is 0 Å². The summed E-state index contributed by atoms with van der Waals surface area (Å²) in [6.45, 7) is 3.92. The summed E-state index contributed by atoms with van der Waals surface area (Å²) in [6.07, 6.45) is 7.02. The van der Waals surface area contributed by atoms with E-state index < -0.39 is 0 Å². The molecule has 0 aliphatic carbocycles. The quantitative estimate of drug-likeness (QED) is 0.802. The van der Waals surface area contributed by atoms with Crippen molar-refractivity contribution >= 4 is 23.3 Å². The maximum atomic E-state index is 11.7. The number of halogens is 1. The molecule has 1 aromatic carbocycles. The zero-order chi connectivity index (χ0) is 13.5. The highest BCUT2D eigenvalue weighted by atomic mass is 35.5. The summed E-state index contributed by atoms with van der Waals surface area (Å²) in [5, 5.41) is 6.04. The van der Waals surface area contributed by atoms with E-state index in [1.54, 1.807) is 12.1 Å². The molecular weight excluding hydrogens is 248 g/mol. The topological polar surface area (TPSA) is 41.1 Å². The van der Waals surface area contributed by atoms with Crippen LogP contribution in [-0.4, -0.2) is 12.1 Å². The molecule has 0 fully saturated rings. The Morgan fingerprint density at radius 3 is 2.83 bits per heavy atom. The molecule has 1 rings (SSSR count). The van der Waals surface area contributed by atoms with Gasteiger partial charge in [-0.25, -0.2) is 4.79 Å². The van der Waals surface area contributed by atoms with Crippen LogP contribution in [0.3, 0.4) is 0 Å². The molecule has 1 unspecified atom stereocenters. The number of hydrogen-bond acceptors (Lipinski definition) is 1. The number of urea groups is 1. The Morgan fingerprint density at radius 1 is 1.56 bits per heavy atom. The molecule has 0 saturated heterocycles. The lowest BCUT2D eigenvalue weighted by Crippen LogP contribution is -2.36. The highest BCUT2D eigenvalue weighted by Crippen LogP contribution is 2.19. The molecule has 2 amide bonds. The van der Waals surface area contributed by atoms with Crippen LogP contribution < -0.4 is 10.6 Å². The van der Waals surface area contributed by atoms with Crippen LogP contribution in [0.25, 0.3) is 0 Å². The van der Waals surface area contributed by atoms with Gasteiger partial charge in [-0.05, 0) is 31.0 Å². The fourth-order valence-electron chi connectivity index (χ4n) is 1.48. The van der Waals surface area contributed by atoms with Gasteiger partial charge in [-0.1, -0.05) is 36.9 Å². The van der Waals surface area contributed by atoms with Gasteiger partial charge in [0.2, 0.25) is 0 Å². The third kappa shape index (κ3) is 4.31. The number of nitrogens with one attached hydrogen (secondary N) is 2. The molecule has 0 aliphatic rings. The van der Waals surface area contributed by atoms with Gasteiger partial charge in [0.25, 0.3) is 0 Å². The molecule has 4 heteroatoms. The van der Waals surface area contributed by atoms with Crippen LogP contribution in [-0.2, 0) is 0 Å². The van der Waals surface area contributed by atoms with E-state index in [4.69, 9.17) is 18.0 Å². The second kappa shape index (κ2) is 6.93. The normalized spacial score (nSPS) is 11.4. The number of anilines is 1. The second-order valence-corrected chi connectivity index (χ2v) is 4.48. The summed E-state index contributed by atoms with van der Waals surface area (Å²) in [7, 11) is 0. The number of amides is 2. The van der Waals surface area contributed by atoms with E-state index >= 15 is 0 Å². The van der Waals surface area contributed by atoms with Gasteiger partial charge in [0, 0.05) is 10.7 Å². The van der Waals surface area contributed by atoms with Gasteiger partial charge < -0.3 is 10.6 Å². The number of benzene rings is 1. The highest BCUT2D eigenvalue weighted by Gasteiger charge is 2.08. The van der Waals surface area contributed by atoms with Gasteiger partial charge in [0.1, 0.15) is 0 Å². The number of rotatable bonds is 4. The number of carbonyl (C=O) groups excluding carboxylic acids is 1. The fourth-order valence-corrected chi connectivity index (χ4v) is 1.66. The largest absolute Gasteiger partial charge is 0.324 e. The zero-order valence-corrected chi connectivity index (χ0v) is 11.3. The fraction of sp³-hybridized carbons (Fsp3) is 0.357. The summed E-state index contributed by atoms with van der Waals surface area (Å²) in [5.41, 5.74) is 1.62. The van der Waals surface area contributed by atoms with E-state index in [-0.39, 0.29) is 12.1 Å². The van der Waals surface area contributed by atoms with Crippen LogP contribution in [0.2, 0.25) is 5.02 Å². The van der Waals surface area contributed by atoms with Crippen molar-refractivity contribution in [2.45, 2.75) is 32.7 Å². The minimum atomic E-state index is -0.314. The lowest BCUT2D eigenvalue weighted by molar-refractivity contribution is 0.250. The van der Waals surface area contributed by atoms with Crippen LogP contribution in [0, 0.1) is 19.3 Å². The second-order valence-electron chi connectivity index (χ2n) is 4.07. The number of carbonyl (C=O) groups is 1. The SMILES string of the molecule is C#CC(CCC)NC(=O)Nc1ccc(C)c(Cl)c1. The molecular formula is C14H17ClN2O. The summed E-state index contributed by atoms with van der Waals surface area (Å²) in [5.74, 6) is 2.54. The first-order valence-electron chi connectivity index (χ1n) is 5.86. The van der Waals surface area contributed by atoms with Crippen molar-refractivity contribution in [3.05, 3.63) is 28.8 Å². The summed E-state index contributed by atoms with van der Waals surface area (Å²) < 4.78 is 0. The molecule has 0 bridgehead atoms. The predicted molar refractivity (Wildman–Crippen MR) is 75.9 cm³/mol. The first kappa shape index (κ1) is 14.4. The van der Waals surface area contributed by atoms with Gasteiger partial charge in [0.05, 0.1) is 6.04 Å². The van der Waals surface area contributed by atoms with Crippen molar-refractivity contribution in [2.24, 2.45) is 0 Å². The Balaban J connectivity index is 2.59. The van der Waals surface area contributed by atoms with E-state index in [1.165, 1.54) is 0 Å². The average Bonchev–Trinajstić information content (AvgIpc) is 2.33. The van der Waals surface area contributed by atoms with Crippen molar-refractivity contribution in [1.29, 1.82) is 0 Å². The molecule has 0 radical (unpaired) electrons. The Kier molecular flexibility index (Phi) is 5.54. The van der Waals surface area contributed by atoms with Crippen LogP contribution in [0.1, 0.15) is 25.3 Å². The molecule has 0 aliphatic heterocycles. The number of hydrogen-bond donors (Lipinski definition) is 2. The minimum absolute atomic E-state index is 0.240. The maximum Gasteiger partial charge on any atom is 0.320 e. The number of terminal acetylenes is 1. The Bertz CT molecular complexity index is 465. The van der Waals surface area contributed by atoms with E-state index in [2.05, 4.69) is 16.6 Å². The molecule has 1 aromatic rings. The summed E-state index contributed by atoms with van der Waals surface area (Å²) in [6, 6.07) is 4.80. The highest BCUT2D eigenvalue weighted by molar-refractivity contribution is 6.31. The smallest absolute Gasteiger partial charge is 0.320 e. The van der Waals surface area contributed by atoms with Gasteiger partial charge >= 0.3 is 6.03 Å². The maximum absolute atomic E-state index is 11.7. The monoisotopic (exact) mass is 264 g/mol. The van der Waals surface area contributed by atoms with Crippen molar-refractivity contribution in [2.75, 3.05) is 5.32 Å². The molecule has 3 nitrogen and oxygen atoms in total. The Morgan fingerprint density at radius 2 is 2.28 bits per heavy atom. The Hall–Kier alpha value is -1.66. The van der Waals surface area contributed by atoms with Crippen molar-refractivity contribution in [1.82, 2.24) is 5.32 Å². The van der Waals surface area contributed by atoms with Gasteiger partial charge in [0.15, 0.2) is 0 Å². The van der Waals surface area contributed by atoms with Crippen LogP contribution >= 0.6 is 11.6 Å². The standard InChI is InChI=1S/C14H17ClN2O/c1-4-6-11(5-2)16-14(18)17-12-8-7-10(3)13(15)9-12/h2,7-9,11H,4,6H2,1,3H3,(H2,16,17,18). The Labute approximate surface area is 113 Å². The van der Waals surface area contributed by atoms with Crippen LogP contribution in [0.15, 0.2) is 18.2 Å². The van der Waals surface area contributed by atoms with Gasteiger partial charge in [-0.2, -0.15) is 0 Å². The van der Waals surface area contributed by atoms with Crippen LogP contribution in [0.4, 0.5) is 10.5 Å². The molecule has 0 spiro atoms. The van der Waals surface area contributed by atoms with Crippen molar-refractivity contribution in [3.63, 3.8) is 0 Å². The average molecular weight is 265 g/mol. The molecule has 2 N–H and O–H groups in total. The molecule has 18 heavy (non-hydrogen) atoms. The first-order chi connectivity index (χ1) is 8.56. The molecule has 0 saturated carbocycles. The van der Waals surface area contributed by atoms with E-state index in [1.807, 2.05) is 19.9 Å². The lowest BCUT2D eigenvalue weighted by Gasteiger charge is -2.13. The zero-order valence-electron chi connectivity index (χ0n) is 10.6. The predicted octanol–water partition coefficient (Wildman–Crippen LogP) is 3.57. The lowest BCUT2D eigenvalue weighted by atomic mass is 10.2. The third-order valence-corrected chi connectivity index (χ3v) is 2.92. The van der Waals surface area contributed by atoms with Crippen molar-refractivity contribution < 1.29 is 4.79 Å². The summed E-state index contributed by atoms with van der Waals surface area (Å²) >= 11 is 5.98. The third-order valence-electron chi connectivity index (χ3n) is 2.51. The van der Waals surface area contributed by atoms with Crippen LogP contribution in [0.5, 0.6) is 0 Å². The van der Waals surface area contributed by atoms with E-state index in [0.717, 1.165) is 18.4 Å². The van der Waals surface area contributed by atoms with E-state index in [9.17, 15) is 4.79 Å². The van der Waals surface area contributed by atoms with Crippen molar-refractivity contribution in [3.8, 4) is 12.3 Å². The summed E-state index contributed by atoms with van der Waals surface area (Å²) in [4.78, 5) is 11.7. The molecule has 0 heterocycles. The number of aryl methyl sites for hydroxylation is 1. The first-order valence-corrected chi connectivity index (χ1v) is 6.24. The van der Waals surface area contributed by atoms with Gasteiger partial charge in [-0.15, -0.1) is 6.42 Å². The van der Waals surface area contributed by atoms with E-state index in [0.29, 0.717) is 10.7 Å².